The summed E-state index contributed by atoms with van der Waals surface area (Å²) < 4.78 is 31.9. The molecule has 4 aromatic heterocycles. The molecule has 170 valence electrons. The predicted octanol–water partition coefficient (Wildman–Crippen LogP) is 6.28. The van der Waals surface area contributed by atoms with Gasteiger partial charge in [0, 0.05) is 61.9 Å². The van der Waals surface area contributed by atoms with E-state index < -0.39 is 11.6 Å². The summed E-state index contributed by atoms with van der Waals surface area (Å²) in [5.41, 5.74) is 7.70. The molecule has 5 aromatic rings. The Labute approximate surface area is 191 Å². The van der Waals surface area contributed by atoms with Gasteiger partial charge in [-0.25, -0.2) is 13.8 Å². The molecule has 5 nitrogen and oxygen atoms in total. The van der Waals surface area contributed by atoms with Crippen molar-refractivity contribution in [3.63, 3.8) is 0 Å². The molecule has 1 aromatic carbocycles. The molecule has 0 spiro atoms. The van der Waals surface area contributed by atoms with E-state index >= 15 is 4.39 Å². The van der Waals surface area contributed by atoms with Gasteiger partial charge in [-0.1, -0.05) is 13.3 Å². The molecule has 0 aliphatic rings. The van der Waals surface area contributed by atoms with E-state index in [4.69, 9.17) is 0 Å². The van der Waals surface area contributed by atoms with Gasteiger partial charge in [-0.2, -0.15) is 0 Å². The predicted molar refractivity (Wildman–Crippen MR) is 133 cm³/mol. The van der Waals surface area contributed by atoms with Gasteiger partial charge in [0.1, 0.15) is 5.65 Å². The summed E-state index contributed by atoms with van der Waals surface area (Å²) in [4.78, 5) is 9.76. The summed E-state index contributed by atoms with van der Waals surface area (Å²) in [7, 11) is 5.51. The zero-order valence-corrected chi connectivity index (χ0v) is 19.5. The first-order valence-electron chi connectivity index (χ1n) is 11.1. The Morgan fingerprint density at radius 2 is 1.94 bits per heavy atom. The number of anilines is 2. The average Bonchev–Trinajstić information content (AvgIpc) is 3.38. The summed E-state index contributed by atoms with van der Waals surface area (Å²) >= 11 is 0. The largest absolute Gasteiger partial charge is 0.386 e. The average molecular weight is 448 g/mol. The molecule has 0 fully saturated rings. The van der Waals surface area contributed by atoms with Crippen molar-refractivity contribution >= 4 is 38.8 Å². The third-order valence-corrected chi connectivity index (χ3v) is 6.34. The molecule has 0 atom stereocenters. The van der Waals surface area contributed by atoms with Gasteiger partial charge in [-0.3, -0.25) is 0 Å². The first-order chi connectivity index (χ1) is 15.8. The number of pyridine rings is 2. The van der Waals surface area contributed by atoms with Crippen LogP contribution in [0.4, 0.5) is 20.2 Å². The second-order valence-corrected chi connectivity index (χ2v) is 8.73. The van der Waals surface area contributed by atoms with Gasteiger partial charge in [0.05, 0.1) is 27.7 Å². The highest BCUT2D eigenvalue weighted by molar-refractivity contribution is 6.17. The number of rotatable bonds is 5. The zero-order chi connectivity index (χ0) is 23.4. The smallest absolute Gasteiger partial charge is 0.169 e. The van der Waals surface area contributed by atoms with E-state index in [2.05, 4.69) is 57.9 Å². The third kappa shape index (κ3) is 3.14. The number of fused-ring (bicyclic) bond motifs is 4. The zero-order valence-electron chi connectivity index (χ0n) is 19.5. The van der Waals surface area contributed by atoms with Crippen LogP contribution in [0, 0.1) is 18.6 Å². The standard InChI is InChI=1S/C26H27F2N5/c1-6-7-16-8-9-20-14(2)10-15(13-33(16)20)17-12-30-26-22(25(17)32(4)5)21-23(28)18(27)11-19(29-3)24(21)31-26/h8-13,29H,6-7H2,1-5H3,(H,30,31). The van der Waals surface area contributed by atoms with Crippen LogP contribution in [0.5, 0.6) is 0 Å². The van der Waals surface area contributed by atoms with Crippen molar-refractivity contribution < 1.29 is 8.78 Å². The van der Waals surface area contributed by atoms with E-state index in [0.29, 0.717) is 22.2 Å². The topological polar surface area (TPSA) is 48.4 Å². The highest BCUT2D eigenvalue weighted by Gasteiger charge is 2.23. The molecule has 0 unspecified atom stereocenters. The lowest BCUT2D eigenvalue weighted by Crippen LogP contribution is -2.11. The van der Waals surface area contributed by atoms with Crippen LogP contribution in [0.2, 0.25) is 0 Å². The lowest BCUT2D eigenvalue weighted by Gasteiger charge is -2.20. The number of hydrogen-bond acceptors (Lipinski definition) is 3. The molecule has 2 N–H and O–H groups in total. The van der Waals surface area contributed by atoms with Crippen molar-refractivity contribution in [2.75, 3.05) is 31.4 Å². The molecular formula is C26H27F2N5. The second-order valence-electron chi connectivity index (χ2n) is 8.73. The number of halogens is 2. The summed E-state index contributed by atoms with van der Waals surface area (Å²) in [5, 5.41) is 3.73. The highest BCUT2D eigenvalue weighted by Crippen LogP contribution is 2.42. The Morgan fingerprint density at radius 1 is 1.15 bits per heavy atom. The Morgan fingerprint density at radius 3 is 2.64 bits per heavy atom. The first kappa shape index (κ1) is 21.2. The number of hydrogen-bond donors (Lipinski definition) is 2. The van der Waals surface area contributed by atoms with Crippen LogP contribution in [-0.4, -0.2) is 35.5 Å². The van der Waals surface area contributed by atoms with Gasteiger partial charge >= 0.3 is 0 Å². The minimum Gasteiger partial charge on any atom is -0.386 e. The summed E-state index contributed by atoms with van der Waals surface area (Å²) in [5.74, 6) is -1.77. The quantitative estimate of drug-likeness (QED) is 0.333. The SMILES string of the molecule is CCCc1ccc2c(C)cc(-c3cnc4[nH]c5c(NC)cc(F)c(F)c5c4c3N(C)C)cn12. The van der Waals surface area contributed by atoms with Crippen LogP contribution in [0.25, 0.3) is 38.6 Å². The third-order valence-electron chi connectivity index (χ3n) is 6.34. The first-order valence-corrected chi connectivity index (χ1v) is 11.1. The lowest BCUT2D eigenvalue weighted by molar-refractivity contribution is 0.518. The molecule has 4 heterocycles. The number of benzene rings is 1. The molecule has 0 aliphatic heterocycles. The number of aromatic nitrogens is 3. The van der Waals surface area contributed by atoms with E-state index in [1.165, 1.54) is 17.3 Å². The van der Waals surface area contributed by atoms with E-state index in [0.717, 1.165) is 35.2 Å². The van der Waals surface area contributed by atoms with Gasteiger partial charge in [-0.15, -0.1) is 0 Å². The molecular weight excluding hydrogens is 420 g/mol. The summed E-state index contributed by atoms with van der Waals surface area (Å²) in [6.45, 7) is 4.26. The molecule has 0 radical (unpaired) electrons. The number of nitrogens with one attached hydrogen (secondary N) is 2. The van der Waals surface area contributed by atoms with Crippen LogP contribution in [0.15, 0.2) is 36.7 Å². The van der Waals surface area contributed by atoms with Crippen LogP contribution in [0.3, 0.4) is 0 Å². The van der Waals surface area contributed by atoms with Gasteiger partial charge in [0.2, 0.25) is 0 Å². The van der Waals surface area contributed by atoms with Crippen LogP contribution in [-0.2, 0) is 6.42 Å². The maximum atomic E-state index is 15.2. The van der Waals surface area contributed by atoms with Crippen molar-refractivity contribution in [1.29, 1.82) is 0 Å². The van der Waals surface area contributed by atoms with Crippen molar-refractivity contribution in [3.05, 3.63) is 59.6 Å². The molecule has 7 heteroatoms. The number of aromatic amines is 1. The fraction of sp³-hybridized carbons (Fsp3) is 0.269. The lowest BCUT2D eigenvalue weighted by atomic mass is 10.0. The van der Waals surface area contributed by atoms with Gasteiger partial charge in [-0.05, 0) is 37.1 Å². The molecule has 0 bridgehead atoms. The van der Waals surface area contributed by atoms with Gasteiger partial charge in [0.15, 0.2) is 11.6 Å². The van der Waals surface area contributed by atoms with Crippen molar-refractivity contribution in [1.82, 2.24) is 14.4 Å². The molecule has 0 saturated carbocycles. The van der Waals surface area contributed by atoms with Crippen LogP contribution < -0.4 is 10.2 Å². The molecule has 0 saturated heterocycles. The minimum absolute atomic E-state index is 0.206. The number of aryl methyl sites for hydroxylation is 2. The number of nitrogens with zero attached hydrogens (tertiary/aromatic N) is 3. The Balaban J connectivity index is 1.88. The molecule has 33 heavy (non-hydrogen) atoms. The van der Waals surface area contributed by atoms with Gasteiger partial charge < -0.3 is 19.6 Å². The Bertz CT molecular complexity index is 1530. The van der Waals surface area contributed by atoms with Gasteiger partial charge in [0.25, 0.3) is 0 Å². The van der Waals surface area contributed by atoms with Crippen LogP contribution >= 0.6 is 0 Å². The minimum atomic E-state index is -0.892. The number of H-pyrrole nitrogens is 1. The fourth-order valence-corrected chi connectivity index (χ4v) is 4.87. The highest BCUT2D eigenvalue weighted by atomic mass is 19.2. The van der Waals surface area contributed by atoms with Crippen molar-refractivity contribution in [2.24, 2.45) is 0 Å². The monoisotopic (exact) mass is 447 g/mol. The maximum absolute atomic E-state index is 15.2. The second kappa shape index (κ2) is 7.76. The van der Waals surface area contributed by atoms with Crippen molar-refractivity contribution in [2.45, 2.75) is 26.7 Å². The normalized spacial score (nSPS) is 11.7. The molecule has 0 amide bonds. The van der Waals surface area contributed by atoms with E-state index in [-0.39, 0.29) is 5.39 Å². The fourth-order valence-electron chi connectivity index (χ4n) is 4.87. The Hall–Kier alpha value is -3.61. The summed E-state index contributed by atoms with van der Waals surface area (Å²) in [6, 6.07) is 7.62. The van der Waals surface area contributed by atoms with Crippen molar-refractivity contribution in [3.8, 4) is 11.1 Å². The maximum Gasteiger partial charge on any atom is 0.169 e. The summed E-state index contributed by atoms with van der Waals surface area (Å²) in [6.07, 6.45) is 5.96. The molecule has 5 rings (SSSR count). The van der Waals surface area contributed by atoms with Crippen LogP contribution in [0.1, 0.15) is 24.6 Å². The van der Waals surface area contributed by atoms with E-state index in [1.807, 2.05) is 25.2 Å². The van der Waals surface area contributed by atoms with E-state index in [1.54, 1.807) is 7.05 Å². The van der Waals surface area contributed by atoms with E-state index in [9.17, 15) is 4.39 Å². The molecule has 0 aliphatic carbocycles. The Kier molecular flexibility index (Phi) is 5.00.